The van der Waals surface area contributed by atoms with Crippen molar-refractivity contribution >= 4 is 0 Å². The summed E-state index contributed by atoms with van der Waals surface area (Å²) in [5, 5.41) is 21.1. The lowest BCUT2D eigenvalue weighted by Gasteiger charge is -2.35. The molecule has 2 heteroatoms. The lowest BCUT2D eigenvalue weighted by molar-refractivity contribution is 0.388. The van der Waals surface area contributed by atoms with Gasteiger partial charge in [0, 0.05) is 16.5 Å². The third-order valence-corrected chi connectivity index (χ3v) is 6.92. The van der Waals surface area contributed by atoms with E-state index in [-0.39, 0.29) is 22.0 Å². The molecule has 0 aromatic heterocycles. The van der Waals surface area contributed by atoms with E-state index < -0.39 is 0 Å². The quantitative estimate of drug-likeness (QED) is 0.483. The van der Waals surface area contributed by atoms with Gasteiger partial charge < -0.3 is 10.2 Å². The molecule has 0 atom stereocenters. The average Bonchev–Trinajstić information content (AvgIpc) is 2.66. The first-order valence-electron chi connectivity index (χ1n) is 11.0. The zero-order chi connectivity index (χ0) is 22.0. The number of hydrogen-bond acceptors (Lipinski definition) is 2. The van der Waals surface area contributed by atoms with E-state index in [0.717, 1.165) is 42.4 Å². The van der Waals surface area contributed by atoms with Crippen molar-refractivity contribution in [1.29, 1.82) is 0 Å². The maximum Gasteiger partial charge on any atom is 0.123 e. The number of phenols is 2. The highest BCUT2D eigenvalue weighted by Gasteiger charge is 2.33. The number of unbranched alkanes of at least 4 members (excludes halogenated alkanes) is 1. The number of benzene rings is 2. The van der Waals surface area contributed by atoms with Crippen LogP contribution in [0.25, 0.3) is 0 Å². The second-order valence-electron chi connectivity index (χ2n) is 10.3. The fourth-order valence-corrected chi connectivity index (χ4v) is 4.02. The normalized spacial score (nSPS) is 13.0. The smallest absolute Gasteiger partial charge is 0.123 e. The maximum atomic E-state index is 11.4. The van der Waals surface area contributed by atoms with E-state index >= 15 is 0 Å². The van der Waals surface area contributed by atoms with Crippen LogP contribution in [-0.2, 0) is 16.2 Å². The summed E-state index contributed by atoms with van der Waals surface area (Å²) in [6.07, 6.45) is 4.30. The van der Waals surface area contributed by atoms with Gasteiger partial charge in [0.1, 0.15) is 11.5 Å². The molecule has 2 N–H and O–H groups in total. The molecule has 0 radical (unpaired) electrons. The second-order valence-corrected chi connectivity index (χ2v) is 10.3. The van der Waals surface area contributed by atoms with E-state index in [1.165, 1.54) is 5.56 Å². The van der Waals surface area contributed by atoms with Crippen molar-refractivity contribution in [2.24, 2.45) is 0 Å². The first-order valence-corrected chi connectivity index (χ1v) is 11.0. The predicted molar refractivity (Wildman–Crippen MR) is 124 cm³/mol. The topological polar surface area (TPSA) is 40.5 Å². The van der Waals surface area contributed by atoms with Crippen molar-refractivity contribution in [2.75, 3.05) is 0 Å². The van der Waals surface area contributed by atoms with Gasteiger partial charge in [-0.2, -0.15) is 0 Å². The Hall–Kier alpha value is -1.96. The molecule has 2 aromatic carbocycles. The molecule has 0 amide bonds. The summed E-state index contributed by atoms with van der Waals surface area (Å²) >= 11 is 0. The van der Waals surface area contributed by atoms with Crippen LogP contribution < -0.4 is 0 Å². The van der Waals surface area contributed by atoms with Gasteiger partial charge in [-0.05, 0) is 46.9 Å². The molecule has 0 saturated heterocycles. The summed E-state index contributed by atoms with van der Waals surface area (Å²) in [7, 11) is 0. The number of hydrogen-bond donors (Lipinski definition) is 2. The summed E-state index contributed by atoms with van der Waals surface area (Å²) in [6.45, 7) is 17.7. The van der Waals surface area contributed by atoms with Gasteiger partial charge in [0.2, 0.25) is 0 Å². The van der Waals surface area contributed by atoms with Gasteiger partial charge in [0.25, 0.3) is 0 Å². The summed E-state index contributed by atoms with van der Waals surface area (Å²) < 4.78 is 0. The predicted octanol–water partition coefficient (Wildman–Crippen LogP) is 7.58. The largest absolute Gasteiger partial charge is 0.508 e. The Morgan fingerprint density at radius 3 is 1.72 bits per heavy atom. The minimum atomic E-state index is -0.241. The molecule has 0 aliphatic heterocycles. The first kappa shape index (κ1) is 23.3. The minimum Gasteiger partial charge on any atom is -0.508 e. The Morgan fingerprint density at radius 2 is 1.24 bits per heavy atom. The van der Waals surface area contributed by atoms with Crippen LogP contribution in [0.15, 0.2) is 36.4 Å². The van der Waals surface area contributed by atoms with E-state index in [9.17, 15) is 10.2 Å². The summed E-state index contributed by atoms with van der Waals surface area (Å²) in [5.41, 5.74) is 3.99. The summed E-state index contributed by atoms with van der Waals surface area (Å²) in [4.78, 5) is 0. The lowest BCUT2D eigenvalue weighted by Crippen LogP contribution is -2.26. The van der Waals surface area contributed by atoms with Crippen LogP contribution in [0.3, 0.4) is 0 Å². The molecule has 0 fully saturated rings. The number of rotatable bonds is 8. The molecular formula is C27H40O2. The van der Waals surface area contributed by atoms with Crippen LogP contribution in [0.2, 0.25) is 0 Å². The van der Waals surface area contributed by atoms with Crippen LogP contribution in [0.5, 0.6) is 11.5 Å². The van der Waals surface area contributed by atoms with Crippen molar-refractivity contribution < 1.29 is 10.2 Å². The Bertz CT molecular complexity index is 826. The molecule has 0 aliphatic rings. The molecule has 0 spiro atoms. The van der Waals surface area contributed by atoms with Crippen LogP contribution in [0.1, 0.15) is 103 Å². The molecule has 0 aliphatic carbocycles. The Labute approximate surface area is 178 Å². The third-order valence-electron chi connectivity index (χ3n) is 6.92. The Morgan fingerprint density at radius 1 is 0.724 bits per heavy atom. The number of phenolic OH excluding ortho intramolecular Hbond substituents is 2. The van der Waals surface area contributed by atoms with Gasteiger partial charge >= 0.3 is 0 Å². The van der Waals surface area contributed by atoms with E-state index in [1.54, 1.807) is 12.1 Å². The van der Waals surface area contributed by atoms with Crippen LogP contribution in [-0.4, -0.2) is 10.2 Å². The molecule has 0 saturated carbocycles. The van der Waals surface area contributed by atoms with Gasteiger partial charge in [-0.1, -0.05) is 92.5 Å². The van der Waals surface area contributed by atoms with Gasteiger partial charge in [-0.15, -0.1) is 0 Å². The highest BCUT2D eigenvalue weighted by molar-refractivity contribution is 5.53. The van der Waals surface area contributed by atoms with Crippen molar-refractivity contribution in [1.82, 2.24) is 0 Å². The van der Waals surface area contributed by atoms with Crippen molar-refractivity contribution in [3.63, 3.8) is 0 Å². The van der Waals surface area contributed by atoms with E-state index in [1.807, 2.05) is 12.1 Å². The van der Waals surface area contributed by atoms with Gasteiger partial charge in [-0.25, -0.2) is 0 Å². The molecule has 2 rings (SSSR count). The molecule has 160 valence electrons. The maximum absolute atomic E-state index is 11.4. The highest BCUT2D eigenvalue weighted by atomic mass is 16.3. The lowest BCUT2D eigenvalue weighted by atomic mass is 9.70. The molecular weight excluding hydrogens is 356 g/mol. The SMILES string of the molecule is CCCCC(C)(C)c1cc(C(C)(C)c2ccc(O)cc2)cc(C(C)(C)CC)c1O. The molecule has 2 aromatic rings. The van der Waals surface area contributed by atoms with Crippen LogP contribution >= 0.6 is 0 Å². The second kappa shape index (κ2) is 8.42. The average molecular weight is 397 g/mol. The van der Waals surface area contributed by atoms with Crippen LogP contribution in [0, 0.1) is 0 Å². The minimum absolute atomic E-state index is 0.0975. The Kier molecular flexibility index (Phi) is 6.77. The van der Waals surface area contributed by atoms with Crippen molar-refractivity contribution in [3.8, 4) is 11.5 Å². The zero-order valence-corrected chi connectivity index (χ0v) is 19.7. The monoisotopic (exact) mass is 396 g/mol. The van der Waals surface area contributed by atoms with E-state index in [2.05, 4.69) is 67.5 Å². The molecule has 0 unspecified atom stereocenters. The summed E-state index contributed by atoms with van der Waals surface area (Å²) in [5.74, 6) is 0.743. The number of aromatic hydroxyl groups is 2. The first-order chi connectivity index (χ1) is 13.4. The zero-order valence-electron chi connectivity index (χ0n) is 19.7. The third kappa shape index (κ3) is 4.79. The molecule has 0 heterocycles. The van der Waals surface area contributed by atoms with Crippen molar-refractivity contribution in [3.05, 3.63) is 58.7 Å². The van der Waals surface area contributed by atoms with Gasteiger partial charge in [-0.3, -0.25) is 0 Å². The molecule has 29 heavy (non-hydrogen) atoms. The van der Waals surface area contributed by atoms with E-state index in [0.29, 0.717) is 5.75 Å². The van der Waals surface area contributed by atoms with Gasteiger partial charge in [0.15, 0.2) is 0 Å². The van der Waals surface area contributed by atoms with Gasteiger partial charge in [0.05, 0.1) is 0 Å². The Balaban J connectivity index is 2.73. The fourth-order valence-electron chi connectivity index (χ4n) is 4.02. The fraction of sp³-hybridized carbons (Fsp3) is 0.556. The molecule has 0 bridgehead atoms. The summed E-state index contributed by atoms with van der Waals surface area (Å²) in [6, 6.07) is 11.9. The molecule has 2 nitrogen and oxygen atoms in total. The standard InChI is InChI=1S/C27H40O2/c1-9-11-16-26(5,6)23-18-20(17-22(24(23)29)25(3,4)10-2)27(7,8)19-12-14-21(28)15-13-19/h12-15,17-18,28-29H,9-11,16H2,1-8H3. The van der Waals surface area contributed by atoms with E-state index in [4.69, 9.17) is 0 Å². The highest BCUT2D eigenvalue weighted by Crippen LogP contribution is 2.46. The van der Waals surface area contributed by atoms with Crippen molar-refractivity contribution in [2.45, 2.75) is 97.3 Å². The van der Waals surface area contributed by atoms with Crippen LogP contribution in [0.4, 0.5) is 0 Å².